The zero-order valence-electron chi connectivity index (χ0n) is 6.63. The van der Waals surface area contributed by atoms with Crippen LogP contribution in [-0.4, -0.2) is 12.0 Å². The second-order valence-corrected chi connectivity index (χ2v) is 2.85. The average Bonchev–Trinajstić information content (AvgIpc) is 2.03. The first-order valence-electron chi connectivity index (χ1n) is 3.52. The van der Waals surface area contributed by atoms with Gasteiger partial charge in [0.05, 0.1) is 5.69 Å². The second kappa shape index (κ2) is 3.69. The van der Waals surface area contributed by atoms with Crippen LogP contribution in [0.3, 0.4) is 0 Å². The topological polar surface area (TPSA) is 24.9 Å². The minimum Gasteiger partial charge on any atom is -0.312 e. The number of nitrogens with one attached hydrogen (secondary N) is 1. The van der Waals surface area contributed by atoms with Crippen molar-refractivity contribution in [1.29, 1.82) is 0 Å². The molecule has 0 aliphatic heterocycles. The lowest BCUT2D eigenvalue weighted by molar-refractivity contribution is 0.633. The summed E-state index contributed by atoms with van der Waals surface area (Å²) < 4.78 is 0. The summed E-state index contributed by atoms with van der Waals surface area (Å²) in [6, 6.07) is 3.89. The average molecular weight is 171 g/mol. The third-order valence-electron chi connectivity index (χ3n) is 1.62. The lowest BCUT2D eigenvalue weighted by atomic mass is 10.2. The van der Waals surface area contributed by atoms with Gasteiger partial charge in [0, 0.05) is 17.3 Å². The molecule has 2 nitrogen and oxygen atoms in total. The summed E-state index contributed by atoms with van der Waals surface area (Å²) in [7, 11) is 1.90. The molecule has 0 aliphatic carbocycles. The summed E-state index contributed by atoms with van der Waals surface area (Å²) in [5, 5.41) is 3.82. The Labute approximate surface area is 71.6 Å². The van der Waals surface area contributed by atoms with Gasteiger partial charge in [-0.3, -0.25) is 4.98 Å². The van der Waals surface area contributed by atoms with Crippen molar-refractivity contribution in [2.24, 2.45) is 0 Å². The highest BCUT2D eigenvalue weighted by Gasteiger charge is 2.02. The van der Waals surface area contributed by atoms with Gasteiger partial charge in [-0.15, -0.1) is 0 Å². The van der Waals surface area contributed by atoms with Crippen molar-refractivity contribution in [3.8, 4) is 0 Å². The van der Waals surface area contributed by atoms with Crippen LogP contribution < -0.4 is 5.32 Å². The Bertz CT molecular complexity index is 237. The molecule has 0 aromatic carbocycles. The van der Waals surface area contributed by atoms with Gasteiger partial charge in [-0.2, -0.15) is 0 Å². The number of pyridine rings is 1. The Morgan fingerprint density at radius 1 is 1.64 bits per heavy atom. The monoisotopic (exact) mass is 170 g/mol. The molecule has 0 unspecified atom stereocenters. The Balaban J connectivity index is 2.86. The van der Waals surface area contributed by atoms with Crippen LogP contribution >= 0.6 is 11.6 Å². The van der Waals surface area contributed by atoms with Crippen LogP contribution in [0.15, 0.2) is 18.3 Å². The molecule has 1 heterocycles. The van der Waals surface area contributed by atoms with Crippen LogP contribution in [0.4, 0.5) is 0 Å². The van der Waals surface area contributed by atoms with Crippen molar-refractivity contribution in [3.63, 3.8) is 0 Å². The van der Waals surface area contributed by atoms with E-state index in [1.807, 2.05) is 20.0 Å². The number of hydrogen-bond donors (Lipinski definition) is 1. The molecule has 0 bridgehead atoms. The van der Waals surface area contributed by atoms with Gasteiger partial charge >= 0.3 is 0 Å². The molecule has 3 heteroatoms. The van der Waals surface area contributed by atoms with Crippen LogP contribution in [0.5, 0.6) is 0 Å². The molecule has 11 heavy (non-hydrogen) atoms. The highest BCUT2D eigenvalue weighted by Crippen LogP contribution is 2.13. The van der Waals surface area contributed by atoms with Gasteiger partial charge < -0.3 is 5.32 Å². The maximum atomic E-state index is 5.78. The van der Waals surface area contributed by atoms with Crippen LogP contribution in [0.2, 0.25) is 5.02 Å². The molecular weight excluding hydrogens is 160 g/mol. The van der Waals surface area contributed by atoms with Gasteiger partial charge in [0.1, 0.15) is 0 Å². The van der Waals surface area contributed by atoms with Gasteiger partial charge in [0.15, 0.2) is 0 Å². The molecule has 0 saturated carbocycles. The van der Waals surface area contributed by atoms with Crippen molar-refractivity contribution >= 4 is 11.6 Å². The molecule has 0 amide bonds. The molecule has 1 aromatic heterocycles. The van der Waals surface area contributed by atoms with E-state index >= 15 is 0 Å². The zero-order valence-corrected chi connectivity index (χ0v) is 7.39. The third kappa shape index (κ3) is 2.17. The first kappa shape index (κ1) is 8.50. The summed E-state index contributed by atoms with van der Waals surface area (Å²) >= 11 is 5.78. The molecule has 1 N–H and O–H groups in total. The largest absolute Gasteiger partial charge is 0.312 e. The van der Waals surface area contributed by atoms with Crippen LogP contribution in [-0.2, 0) is 0 Å². The quantitative estimate of drug-likeness (QED) is 0.735. The molecule has 0 fully saturated rings. The highest BCUT2D eigenvalue weighted by atomic mass is 35.5. The van der Waals surface area contributed by atoms with E-state index in [-0.39, 0.29) is 6.04 Å². The Morgan fingerprint density at radius 3 is 2.91 bits per heavy atom. The van der Waals surface area contributed by atoms with Crippen LogP contribution in [0.25, 0.3) is 0 Å². The maximum absolute atomic E-state index is 5.78. The van der Waals surface area contributed by atoms with Crippen molar-refractivity contribution in [2.75, 3.05) is 7.05 Å². The first-order chi connectivity index (χ1) is 5.24. The normalized spacial score (nSPS) is 13.0. The van der Waals surface area contributed by atoms with Gasteiger partial charge in [-0.05, 0) is 26.1 Å². The fourth-order valence-corrected chi connectivity index (χ4v) is 0.974. The van der Waals surface area contributed by atoms with E-state index in [9.17, 15) is 0 Å². The molecule has 60 valence electrons. The lowest BCUT2D eigenvalue weighted by Crippen LogP contribution is -2.13. The summed E-state index contributed by atoms with van der Waals surface area (Å²) in [6.07, 6.45) is 1.71. The van der Waals surface area contributed by atoms with E-state index in [1.54, 1.807) is 12.3 Å². The number of halogens is 1. The summed E-state index contributed by atoms with van der Waals surface area (Å²) in [5.74, 6) is 0. The van der Waals surface area contributed by atoms with E-state index in [1.165, 1.54) is 0 Å². The van der Waals surface area contributed by atoms with E-state index < -0.39 is 0 Å². The summed E-state index contributed by atoms with van der Waals surface area (Å²) in [4.78, 5) is 4.16. The minimum atomic E-state index is 0.258. The van der Waals surface area contributed by atoms with E-state index in [0.29, 0.717) is 0 Å². The number of hydrogen-bond acceptors (Lipinski definition) is 2. The smallest absolute Gasteiger partial charge is 0.0585 e. The van der Waals surface area contributed by atoms with Crippen molar-refractivity contribution in [3.05, 3.63) is 29.0 Å². The van der Waals surface area contributed by atoms with E-state index in [4.69, 9.17) is 11.6 Å². The molecule has 1 rings (SSSR count). The van der Waals surface area contributed by atoms with Crippen LogP contribution in [0.1, 0.15) is 18.7 Å². The van der Waals surface area contributed by atoms with Crippen molar-refractivity contribution in [1.82, 2.24) is 10.3 Å². The van der Waals surface area contributed by atoms with Gasteiger partial charge in [-0.25, -0.2) is 0 Å². The standard InChI is InChI=1S/C8H11ClN2/c1-6(10-2)8-5-7(9)3-4-11-8/h3-6,10H,1-2H3/t6-/m1/s1. The van der Waals surface area contributed by atoms with Gasteiger partial charge in [-0.1, -0.05) is 11.6 Å². The Morgan fingerprint density at radius 2 is 2.36 bits per heavy atom. The van der Waals surface area contributed by atoms with Crippen molar-refractivity contribution in [2.45, 2.75) is 13.0 Å². The summed E-state index contributed by atoms with van der Waals surface area (Å²) in [5.41, 5.74) is 0.972. The summed E-state index contributed by atoms with van der Waals surface area (Å²) in [6.45, 7) is 2.04. The van der Waals surface area contributed by atoms with Gasteiger partial charge in [0.2, 0.25) is 0 Å². The predicted octanol–water partition coefficient (Wildman–Crippen LogP) is 2.02. The second-order valence-electron chi connectivity index (χ2n) is 2.41. The number of aromatic nitrogens is 1. The third-order valence-corrected chi connectivity index (χ3v) is 1.85. The Hall–Kier alpha value is -0.600. The molecule has 0 radical (unpaired) electrons. The maximum Gasteiger partial charge on any atom is 0.0585 e. The van der Waals surface area contributed by atoms with Gasteiger partial charge in [0.25, 0.3) is 0 Å². The SMILES string of the molecule is CN[C@H](C)c1cc(Cl)ccn1. The predicted molar refractivity (Wildman–Crippen MR) is 46.7 cm³/mol. The lowest BCUT2D eigenvalue weighted by Gasteiger charge is -2.08. The molecule has 0 saturated heterocycles. The molecule has 0 spiro atoms. The fourth-order valence-electron chi connectivity index (χ4n) is 0.806. The van der Waals surface area contributed by atoms with E-state index in [0.717, 1.165) is 10.7 Å². The van der Waals surface area contributed by atoms with Crippen LogP contribution in [0, 0.1) is 0 Å². The Kier molecular flexibility index (Phi) is 2.85. The minimum absolute atomic E-state index is 0.258. The number of rotatable bonds is 2. The molecule has 1 atom stereocenters. The first-order valence-corrected chi connectivity index (χ1v) is 3.90. The van der Waals surface area contributed by atoms with Crippen molar-refractivity contribution < 1.29 is 0 Å². The molecular formula is C8H11ClN2. The highest BCUT2D eigenvalue weighted by molar-refractivity contribution is 6.30. The fraction of sp³-hybridized carbons (Fsp3) is 0.375. The molecule has 0 aliphatic rings. The zero-order chi connectivity index (χ0) is 8.27. The molecule has 1 aromatic rings. The van der Waals surface area contributed by atoms with E-state index in [2.05, 4.69) is 10.3 Å². The number of nitrogens with zero attached hydrogens (tertiary/aromatic N) is 1.